The number of nitrogens with one attached hydrogen (secondary N) is 1. The second-order valence-electron chi connectivity index (χ2n) is 5.83. The molecule has 1 N–H and O–H groups in total. The zero-order chi connectivity index (χ0) is 18.0. The highest BCUT2D eigenvalue weighted by Crippen LogP contribution is 2.27. The fourth-order valence-corrected chi connectivity index (χ4v) is 3.68. The van der Waals surface area contributed by atoms with Crippen LogP contribution in [-0.4, -0.2) is 34.6 Å². The van der Waals surface area contributed by atoms with Crippen molar-refractivity contribution in [2.24, 2.45) is 0 Å². The monoisotopic (exact) mass is 359 g/mol. The lowest BCUT2D eigenvalue weighted by Gasteiger charge is -2.27. The van der Waals surface area contributed by atoms with Crippen molar-refractivity contribution in [3.8, 4) is 0 Å². The third kappa shape index (κ3) is 3.69. The number of carbonyl (C=O) groups excluding carboxylic acids is 2. The zero-order valence-corrected chi connectivity index (χ0v) is 14.5. The third-order valence-corrected chi connectivity index (χ3v) is 5.21. The molecular weight excluding hydrogens is 342 g/mol. The number of hydrogen-bond acceptors (Lipinski definition) is 6. The van der Waals surface area contributed by atoms with Gasteiger partial charge in [-0.2, -0.15) is 0 Å². The van der Waals surface area contributed by atoms with Gasteiger partial charge in [-0.25, -0.2) is 0 Å². The van der Waals surface area contributed by atoms with Crippen molar-refractivity contribution < 1.29 is 14.5 Å². The van der Waals surface area contributed by atoms with Crippen molar-refractivity contribution in [2.45, 2.75) is 19.9 Å². The number of Topliss-reactive ketones (excluding diaryl/α,β-unsaturated/α-hetero) is 1. The summed E-state index contributed by atoms with van der Waals surface area (Å²) >= 11 is 1.70. The van der Waals surface area contributed by atoms with Crippen LogP contribution in [-0.2, 0) is 17.8 Å². The van der Waals surface area contributed by atoms with Gasteiger partial charge in [0.25, 0.3) is 5.69 Å². The van der Waals surface area contributed by atoms with E-state index in [-0.39, 0.29) is 35.2 Å². The number of amides is 1. The number of thiophene rings is 1. The van der Waals surface area contributed by atoms with Gasteiger partial charge in [0.1, 0.15) is 5.69 Å². The molecule has 0 radical (unpaired) electrons. The summed E-state index contributed by atoms with van der Waals surface area (Å²) < 4.78 is 0. The highest BCUT2D eigenvalue weighted by Gasteiger charge is 2.22. The number of nitro groups is 1. The van der Waals surface area contributed by atoms with Crippen molar-refractivity contribution in [3.05, 3.63) is 55.8 Å². The van der Waals surface area contributed by atoms with Gasteiger partial charge < -0.3 is 10.2 Å². The van der Waals surface area contributed by atoms with Gasteiger partial charge in [-0.1, -0.05) is 0 Å². The Labute approximate surface area is 148 Å². The Morgan fingerprint density at radius 3 is 2.88 bits per heavy atom. The fourth-order valence-electron chi connectivity index (χ4n) is 2.80. The van der Waals surface area contributed by atoms with Crippen LogP contribution in [0.4, 0.5) is 11.4 Å². The Balaban J connectivity index is 1.68. The molecule has 0 bridgehead atoms. The molecule has 0 fully saturated rings. The summed E-state index contributed by atoms with van der Waals surface area (Å²) in [5, 5.41) is 16.1. The molecule has 0 saturated heterocycles. The molecule has 0 saturated carbocycles. The number of hydrogen-bond donors (Lipinski definition) is 1. The van der Waals surface area contributed by atoms with E-state index in [9.17, 15) is 19.7 Å². The molecule has 7 nitrogen and oxygen atoms in total. The first-order valence-corrected chi connectivity index (χ1v) is 8.70. The van der Waals surface area contributed by atoms with Crippen molar-refractivity contribution in [1.82, 2.24) is 4.90 Å². The molecule has 1 aliphatic heterocycles. The first kappa shape index (κ1) is 17.1. The Bertz CT molecular complexity index is 846. The largest absolute Gasteiger partial charge is 0.371 e. The van der Waals surface area contributed by atoms with Gasteiger partial charge in [-0.3, -0.25) is 19.7 Å². The van der Waals surface area contributed by atoms with E-state index in [0.29, 0.717) is 13.1 Å². The molecule has 1 aromatic carbocycles. The van der Waals surface area contributed by atoms with Crippen molar-refractivity contribution in [2.75, 3.05) is 18.4 Å². The minimum absolute atomic E-state index is 0.0280. The molecule has 0 aliphatic carbocycles. The van der Waals surface area contributed by atoms with Crippen molar-refractivity contribution in [1.29, 1.82) is 0 Å². The van der Waals surface area contributed by atoms with Gasteiger partial charge in [0.15, 0.2) is 5.78 Å². The molecule has 25 heavy (non-hydrogen) atoms. The van der Waals surface area contributed by atoms with Crippen molar-refractivity contribution in [3.63, 3.8) is 0 Å². The first-order valence-electron chi connectivity index (χ1n) is 7.82. The van der Waals surface area contributed by atoms with E-state index in [1.54, 1.807) is 16.2 Å². The summed E-state index contributed by atoms with van der Waals surface area (Å²) in [6.07, 6.45) is 0.839. The summed E-state index contributed by atoms with van der Waals surface area (Å²) in [7, 11) is 0. The molecule has 0 spiro atoms. The number of benzene rings is 1. The molecule has 3 rings (SSSR count). The predicted octanol–water partition coefficient (Wildman–Crippen LogP) is 2.86. The number of anilines is 1. The molecule has 2 aromatic rings. The number of carbonyl (C=O) groups is 2. The lowest BCUT2D eigenvalue weighted by Crippen LogP contribution is -2.38. The Morgan fingerprint density at radius 2 is 2.16 bits per heavy atom. The van der Waals surface area contributed by atoms with E-state index in [1.165, 1.54) is 35.6 Å². The predicted molar refractivity (Wildman–Crippen MR) is 95.0 cm³/mol. The van der Waals surface area contributed by atoms with Crippen LogP contribution in [0.3, 0.4) is 0 Å². The molecule has 0 atom stereocenters. The summed E-state index contributed by atoms with van der Waals surface area (Å²) in [5.74, 6) is -0.354. The zero-order valence-electron chi connectivity index (χ0n) is 13.7. The molecular formula is C17H17N3O4S. The Morgan fingerprint density at radius 1 is 1.36 bits per heavy atom. The van der Waals surface area contributed by atoms with E-state index in [0.717, 1.165) is 6.42 Å². The first-order chi connectivity index (χ1) is 12.0. The highest BCUT2D eigenvalue weighted by atomic mass is 32.1. The van der Waals surface area contributed by atoms with Gasteiger partial charge in [0, 0.05) is 29.6 Å². The molecule has 130 valence electrons. The molecule has 2 heterocycles. The van der Waals surface area contributed by atoms with Crippen LogP contribution in [0.1, 0.15) is 27.7 Å². The van der Waals surface area contributed by atoms with E-state index < -0.39 is 4.92 Å². The topological polar surface area (TPSA) is 92.6 Å². The van der Waals surface area contributed by atoms with E-state index in [4.69, 9.17) is 0 Å². The van der Waals surface area contributed by atoms with Gasteiger partial charge in [-0.15, -0.1) is 11.3 Å². The minimum atomic E-state index is -0.558. The second-order valence-corrected chi connectivity index (χ2v) is 6.83. The maximum atomic E-state index is 12.4. The Kier molecular flexibility index (Phi) is 4.80. The van der Waals surface area contributed by atoms with Crippen LogP contribution in [0.15, 0.2) is 29.6 Å². The summed E-state index contributed by atoms with van der Waals surface area (Å²) in [6, 6.07) is 6.24. The second kappa shape index (κ2) is 7.02. The van der Waals surface area contributed by atoms with Crippen LogP contribution in [0.2, 0.25) is 0 Å². The normalized spacial score (nSPS) is 13.2. The molecule has 1 aliphatic rings. The third-order valence-electron chi connectivity index (χ3n) is 4.19. The number of ketones is 1. The number of nitrogens with zero attached hydrogens (tertiary/aromatic N) is 2. The number of fused-ring (bicyclic) bond motifs is 1. The minimum Gasteiger partial charge on any atom is -0.371 e. The van der Waals surface area contributed by atoms with Crippen LogP contribution in [0.5, 0.6) is 0 Å². The van der Waals surface area contributed by atoms with Gasteiger partial charge >= 0.3 is 0 Å². The summed E-state index contributed by atoms with van der Waals surface area (Å²) in [5.41, 5.74) is 1.46. The Hall–Kier alpha value is -2.74. The van der Waals surface area contributed by atoms with Crippen molar-refractivity contribution >= 4 is 34.4 Å². The lowest BCUT2D eigenvalue weighted by molar-refractivity contribution is -0.384. The van der Waals surface area contributed by atoms with Gasteiger partial charge in [-0.05, 0) is 42.5 Å². The maximum absolute atomic E-state index is 12.4. The average Bonchev–Trinajstić information content (AvgIpc) is 3.06. The summed E-state index contributed by atoms with van der Waals surface area (Å²) in [6.45, 7) is 2.55. The lowest BCUT2D eigenvalue weighted by atomic mass is 10.1. The highest BCUT2D eigenvalue weighted by molar-refractivity contribution is 7.10. The van der Waals surface area contributed by atoms with Crippen LogP contribution in [0.25, 0.3) is 0 Å². The van der Waals surface area contributed by atoms with Gasteiger partial charge in [0.05, 0.1) is 11.5 Å². The molecule has 1 amide bonds. The molecule has 1 aromatic heterocycles. The number of rotatable bonds is 5. The van der Waals surface area contributed by atoms with Crippen LogP contribution >= 0.6 is 11.3 Å². The maximum Gasteiger partial charge on any atom is 0.293 e. The molecule has 0 unspecified atom stereocenters. The quantitative estimate of drug-likeness (QED) is 0.503. The molecule has 8 heteroatoms. The van der Waals surface area contributed by atoms with E-state index in [1.807, 2.05) is 11.4 Å². The number of nitro benzene ring substituents is 1. The SMILES string of the molecule is CC(=O)c1ccc(NCC(=O)N2CCc3sccc3C2)c([N+](=O)[O-])c1. The smallest absolute Gasteiger partial charge is 0.293 e. The van der Waals surface area contributed by atoms with Gasteiger partial charge in [0.2, 0.25) is 5.91 Å². The van der Waals surface area contributed by atoms with Crippen LogP contribution < -0.4 is 5.32 Å². The van der Waals surface area contributed by atoms with E-state index in [2.05, 4.69) is 5.32 Å². The van der Waals surface area contributed by atoms with Crippen LogP contribution in [0, 0.1) is 10.1 Å². The van der Waals surface area contributed by atoms with E-state index >= 15 is 0 Å². The fraction of sp³-hybridized carbons (Fsp3) is 0.294. The average molecular weight is 359 g/mol. The standard InChI is InChI=1S/C17H17N3O4S/c1-11(21)12-2-3-14(15(8-12)20(23)24)18-9-17(22)19-6-4-16-13(10-19)5-7-25-16/h2-3,5,7-8,18H,4,6,9-10H2,1H3. The summed E-state index contributed by atoms with van der Waals surface area (Å²) in [4.78, 5) is 37.5.